The second-order valence-electron chi connectivity index (χ2n) is 4.16. The largest absolute Gasteiger partial charge is 0.365 e. The molecule has 0 aromatic carbocycles. The fourth-order valence-electron chi connectivity index (χ4n) is 2.74. The lowest BCUT2D eigenvalue weighted by atomic mass is 9.89. The number of aromatic nitrogens is 1. The minimum Gasteiger partial charge on any atom is -0.365 e. The molecule has 3 nitrogen and oxygen atoms in total. The molecule has 2 aliphatic heterocycles. The minimum absolute atomic E-state index is 0.595. The van der Waals surface area contributed by atoms with E-state index in [-0.39, 0.29) is 0 Å². The molecule has 3 rings (SSSR count). The second kappa shape index (κ2) is 2.84. The van der Waals surface area contributed by atoms with Gasteiger partial charge in [0.2, 0.25) is 0 Å². The molecule has 13 heavy (non-hydrogen) atoms. The lowest BCUT2D eigenvalue weighted by Gasteiger charge is -2.28. The van der Waals surface area contributed by atoms with Gasteiger partial charge in [0.25, 0.3) is 0 Å². The van der Waals surface area contributed by atoms with Crippen molar-refractivity contribution in [3.05, 3.63) is 18.0 Å². The van der Waals surface area contributed by atoms with E-state index in [1.165, 1.54) is 25.7 Å². The Morgan fingerprint density at radius 2 is 2.23 bits per heavy atom. The van der Waals surface area contributed by atoms with E-state index in [9.17, 15) is 0 Å². The summed E-state index contributed by atoms with van der Waals surface area (Å²) in [5.74, 6) is 0.595. The molecule has 1 aromatic heterocycles. The zero-order valence-corrected chi connectivity index (χ0v) is 7.57. The molecule has 70 valence electrons. The van der Waals surface area contributed by atoms with Crippen LogP contribution < -0.4 is 5.32 Å². The summed E-state index contributed by atoms with van der Waals surface area (Å²) in [6.45, 7) is 0. The van der Waals surface area contributed by atoms with Crippen LogP contribution in [0, 0.1) is 0 Å². The summed E-state index contributed by atoms with van der Waals surface area (Å²) in [5, 5.41) is 7.69. The van der Waals surface area contributed by atoms with Gasteiger partial charge in [-0.2, -0.15) is 0 Å². The highest BCUT2D eigenvalue weighted by Crippen LogP contribution is 2.36. The zero-order chi connectivity index (χ0) is 8.67. The summed E-state index contributed by atoms with van der Waals surface area (Å²) < 4.78 is 4.90. The molecule has 1 N–H and O–H groups in total. The first-order valence-corrected chi connectivity index (χ1v) is 5.10. The van der Waals surface area contributed by atoms with E-state index < -0.39 is 0 Å². The predicted molar refractivity (Wildman–Crippen MR) is 48.4 cm³/mol. The Balaban J connectivity index is 1.84. The maximum atomic E-state index is 4.90. The molecule has 0 amide bonds. The molecule has 3 heterocycles. The van der Waals surface area contributed by atoms with Gasteiger partial charge in [-0.3, -0.25) is 0 Å². The van der Waals surface area contributed by atoms with Crippen molar-refractivity contribution in [2.45, 2.75) is 43.7 Å². The van der Waals surface area contributed by atoms with Crippen molar-refractivity contribution in [2.24, 2.45) is 0 Å². The highest BCUT2D eigenvalue weighted by Gasteiger charge is 2.36. The molecule has 2 saturated heterocycles. The van der Waals surface area contributed by atoms with Crippen LogP contribution >= 0.6 is 0 Å². The first kappa shape index (κ1) is 7.56. The third kappa shape index (κ3) is 1.18. The van der Waals surface area contributed by atoms with Crippen molar-refractivity contribution in [1.29, 1.82) is 0 Å². The highest BCUT2D eigenvalue weighted by molar-refractivity contribution is 5.12. The summed E-state index contributed by atoms with van der Waals surface area (Å²) in [5.41, 5.74) is 1.14. The third-order valence-corrected chi connectivity index (χ3v) is 3.43. The van der Waals surface area contributed by atoms with Gasteiger partial charge >= 0.3 is 0 Å². The number of fused-ring (bicyclic) bond motifs is 2. The molecule has 0 radical (unpaired) electrons. The van der Waals surface area contributed by atoms with Crippen LogP contribution in [0.1, 0.15) is 37.3 Å². The Morgan fingerprint density at radius 3 is 3.08 bits per heavy atom. The molecule has 0 aliphatic carbocycles. The van der Waals surface area contributed by atoms with Gasteiger partial charge in [-0.25, -0.2) is 0 Å². The standard InChI is InChI=1S/C10H14N2O/c1-3-8(10-5-6-13-12-10)9-4-2-7(1)11-9/h5-9,11H,1-4H2/t7?,8-,9?/m0/s1. The summed E-state index contributed by atoms with van der Waals surface area (Å²) in [6.07, 6.45) is 6.90. The van der Waals surface area contributed by atoms with Crippen LogP contribution in [-0.4, -0.2) is 17.2 Å². The Kier molecular flexibility index (Phi) is 1.65. The van der Waals surface area contributed by atoms with E-state index in [0.717, 1.165) is 11.7 Å². The Bertz CT molecular complexity index is 283. The number of nitrogens with zero attached hydrogens (tertiary/aromatic N) is 1. The van der Waals surface area contributed by atoms with Gasteiger partial charge in [0.1, 0.15) is 6.26 Å². The predicted octanol–water partition coefficient (Wildman–Crippen LogP) is 1.67. The van der Waals surface area contributed by atoms with Crippen LogP contribution in [-0.2, 0) is 0 Å². The molecular weight excluding hydrogens is 164 g/mol. The van der Waals surface area contributed by atoms with E-state index in [0.29, 0.717) is 12.0 Å². The van der Waals surface area contributed by atoms with Gasteiger partial charge in [0, 0.05) is 24.1 Å². The summed E-state index contributed by atoms with van der Waals surface area (Å²) >= 11 is 0. The normalized spacial score (nSPS) is 38.0. The SMILES string of the molecule is c1cc([C@H]2CCC3CCC2N3)no1. The van der Waals surface area contributed by atoms with Gasteiger partial charge < -0.3 is 9.84 Å². The molecule has 3 atom stereocenters. The Hall–Kier alpha value is -0.830. The van der Waals surface area contributed by atoms with Gasteiger partial charge in [0.15, 0.2) is 0 Å². The Morgan fingerprint density at radius 1 is 1.31 bits per heavy atom. The van der Waals surface area contributed by atoms with Gasteiger partial charge in [0.05, 0.1) is 5.69 Å². The number of rotatable bonds is 1. The van der Waals surface area contributed by atoms with Crippen molar-refractivity contribution >= 4 is 0 Å². The second-order valence-corrected chi connectivity index (χ2v) is 4.16. The van der Waals surface area contributed by atoms with Crippen molar-refractivity contribution in [1.82, 2.24) is 10.5 Å². The molecule has 1 aromatic rings. The van der Waals surface area contributed by atoms with E-state index in [2.05, 4.69) is 10.5 Å². The average Bonchev–Trinajstić information content (AvgIpc) is 2.77. The molecule has 0 spiro atoms. The topological polar surface area (TPSA) is 38.1 Å². The first-order chi connectivity index (χ1) is 6.43. The van der Waals surface area contributed by atoms with Crippen molar-refractivity contribution in [3.63, 3.8) is 0 Å². The molecule has 2 fully saturated rings. The molecule has 0 saturated carbocycles. The maximum absolute atomic E-state index is 4.90. The minimum atomic E-state index is 0.595. The third-order valence-electron chi connectivity index (χ3n) is 3.43. The quantitative estimate of drug-likeness (QED) is 0.711. The van der Waals surface area contributed by atoms with Crippen LogP contribution in [0.2, 0.25) is 0 Å². The van der Waals surface area contributed by atoms with E-state index in [1.54, 1.807) is 6.26 Å². The van der Waals surface area contributed by atoms with Crippen LogP contribution in [0.5, 0.6) is 0 Å². The van der Waals surface area contributed by atoms with E-state index >= 15 is 0 Å². The summed E-state index contributed by atoms with van der Waals surface area (Å²) in [7, 11) is 0. The van der Waals surface area contributed by atoms with E-state index in [4.69, 9.17) is 4.52 Å². The highest BCUT2D eigenvalue weighted by atomic mass is 16.5. The van der Waals surface area contributed by atoms with Crippen LogP contribution in [0.3, 0.4) is 0 Å². The smallest absolute Gasteiger partial charge is 0.124 e. The maximum Gasteiger partial charge on any atom is 0.124 e. The van der Waals surface area contributed by atoms with Gasteiger partial charge in [-0.05, 0) is 25.7 Å². The molecule has 3 heteroatoms. The monoisotopic (exact) mass is 178 g/mol. The summed E-state index contributed by atoms with van der Waals surface area (Å²) in [6, 6.07) is 3.45. The molecule has 2 unspecified atom stereocenters. The molecular formula is C10H14N2O. The number of piperidine rings is 1. The van der Waals surface area contributed by atoms with Crippen LogP contribution in [0.15, 0.2) is 16.9 Å². The fourth-order valence-corrected chi connectivity index (χ4v) is 2.74. The van der Waals surface area contributed by atoms with Gasteiger partial charge in [-0.1, -0.05) is 5.16 Å². The van der Waals surface area contributed by atoms with Gasteiger partial charge in [-0.15, -0.1) is 0 Å². The van der Waals surface area contributed by atoms with Crippen LogP contribution in [0.25, 0.3) is 0 Å². The van der Waals surface area contributed by atoms with E-state index in [1.807, 2.05) is 6.07 Å². The summed E-state index contributed by atoms with van der Waals surface area (Å²) in [4.78, 5) is 0. The van der Waals surface area contributed by atoms with Crippen molar-refractivity contribution in [3.8, 4) is 0 Å². The lowest BCUT2D eigenvalue weighted by molar-refractivity contribution is 0.335. The zero-order valence-electron chi connectivity index (χ0n) is 7.57. The molecule has 2 bridgehead atoms. The van der Waals surface area contributed by atoms with Crippen molar-refractivity contribution < 1.29 is 4.52 Å². The number of hydrogen-bond donors (Lipinski definition) is 1. The molecule has 2 aliphatic rings. The first-order valence-electron chi connectivity index (χ1n) is 5.10. The number of hydrogen-bond acceptors (Lipinski definition) is 3. The Labute approximate surface area is 77.5 Å². The average molecular weight is 178 g/mol. The number of nitrogens with one attached hydrogen (secondary N) is 1. The lowest BCUT2D eigenvalue weighted by Crippen LogP contribution is -2.39. The van der Waals surface area contributed by atoms with Crippen molar-refractivity contribution in [2.75, 3.05) is 0 Å². The van der Waals surface area contributed by atoms with Crippen LogP contribution in [0.4, 0.5) is 0 Å². The fraction of sp³-hybridized carbons (Fsp3) is 0.700.